The largest absolute Gasteiger partial charge is 0.355 e. The van der Waals surface area contributed by atoms with Crippen LogP contribution < -0.4 is 10.6 Å². The summed E-state index contributed by atoms with van der Waals surface area (Å²) in [5, 5.41) is 6.29. The Hall–Kier alpha value is -0.570. The van der Waals surface area contributed by atoms with Gasteiger partial charge < -0.3 is 10.6 Å². The molecule has 0 aromatic carbocycles. The van der Waals surface area contributed by atoms with Crippen LogP contribution in [0.25, 0.3) is 0 Å². The van der Waals surface area contributed by atoms with Crippen LogP contribution in [0.5, 0.6) is 0 Å². The second-order valence-electron chi connectivity index (χ2n) is 5.82. The molecule has 0 aromatic rings. The molecule has 15 heavy (non-hydrogen) atoms. The van der Waals surface area contributed by atoms with E-state index in [2.05, 4.69) is 10.6 Å². The first-order chi connectivity index (χ1) is 6.90. The Morgan fingerprint density at radius 3 is 2.20 bits per heavy atom. The molecule has 88 valence electrons. The van der Waals surface area contributed by atoms with Gasteiger partial charge in [-0.1, -0.05) is 27.2 Å². The quantitative estimate of drug-likeness (QED) is 0.742. The topological polar surface area (TPSA) is 41.1 Å². The lowest BCUT2D eigenvalue weighted by molar-refractivity contribution is -0.129. The highest BCUT2D eigenvalue weighted by Gasteiger charge is 2.37. The molecule has 1 aliphatic carbocycles. The molecule has 0 spiro atoms. The molecular formula is C12H24N2O. The van der Waals surface area contributed by atoms with Crippen molar-refractivity contribution in [3.05, 3.63) is 0 Å². The first-order valence-electron chi connectivity index (χ1n) is 5.83. The summed E-state index contributed by atoms with van der Waals surface area (Å²) in [6, 6.07) is 0. The molecule has 1 rings (SSSR count). The fourth-order valence-electron chi connectivity index (χ4n) is 2.00. The van der Waals surface area contributed by atoms with Crippen LogP contribution >= 0.6 is 0 Å². The minimum Gasteiger partial charge on any atom is -0.355 e. The third-order valence-corrected chi connectivity index (χ3v) is 3.27. The standard InChI is InChI=1S/C12H24N2O/c1-11(2,3)10(15)14-9-12(8-13-4)6-5-7-12/h13H,5-9H2,1-4H3,(H,14,15). The van der Waals surface area contributed by atoms with Crippen molar-refractivity contribution in [3.8, 4) is 0 Å². The average molecular weight is 212 g/mol. The van der Waals surface area contributed by atoms with E-state index >= 15 is 0 Å². The summed E-state index contributed by atoms with van der Waals surface area (Å²) < 4.78 is 0. The number of hydrogen-bond donors (Lipinski definition) is 2. The highest BCUT2D eigenvalue weighted by Crippen LogP contribution is 2.39. The van der Waals surface area contributed by atoms with Gasteiger partial charge in [-0.2, -0.15) is 0 Å². The molecule has 0 saturated heterocycles. The zero-order chi connectivity index (χ0) is 11.5. The molecule has 1 amide bonds. The molecule has 0 aliphatic heterocycles. The van der Waals surface area contributed by atoms with Gasteiger partial charge in [0.2, 0.25) is 5.91 Å². The van der Waals surface area contributed by atoms with Crippen LogP contribution in [-0.4, -0.2) is 26.0 Å². The van der Waals surface area contributed by atoms with Gasteiger partial charge in [0.25, 0.3) is 0 Å². The fraction of sp³-hybridized carbons (Fsp3) is 0.917. The molecule has 0 heterocycles. The van der Waals surface area contributed by atoms with E-state index in [4.69, 9.17) is 0 Å². The van der Waals surface area contributed by atoms with E-state index in [1.54, 1.807) is 0 Å². The van der Waals surface area contributed by atoms with Crippen molar-refractivity contribution >= 4 is 5.91 Å². The molecule has 0 unspecified atom stereocenters. The van der Waals surface area contributed by atoms with Gasteiger partial charge >= 0.3 is 0 Å². The summed E-state index contributed by atoms with van der Waals surface area (Å²) in [5.74, 6) is 0.157. The summed E-state index contributed by atoms with van der Waals surface area (Å²) in [6.45, 7) is 7.69. The Kier molecular flexibility index (Phi) is 3.77. The summed E-state index contributed by atoms with van der Waals surface area (Å²) in [4.78, 5) is 11.7. The van der Waals surface area contributed by atoms with Crippen LogP contribution in [-0.2, 0) is 4.79 Å². The lowest BCUT2D eigenvalue weighted by atomic mass is 9.68. The molecule has 1 aliphatic rings. The Balaban J connectivity index is 2.38. The predicted octanol–water partition coefficient (Wildman–Crippen LogP) is 1.54. The van der Waals surface area contributed by atoms with E-state index < -0.39 is 0 Å². The average Bonchev–Trinajstić information content (AvgIpc) is 2.07. The first-order valence-corrected chi connectivity index (χ1v) is 5.83. The van der Waals surface area contributed by atoms with Gasteiger partial charge in [0, 0.05) is 23.9 Å². The molecular weight excluding hydrogens is 188 g/mol. The van der Waals surface area contributed by atoms with Gasteiger partial charge in [0.05, 0.1) is 0 Å². The second-order valence-corrected chi connectivity index (χ2v) is 5.82. The zero-order valence-electron chi connectivity index (χ0n) is 10.4. The maximum Gasteiger partial charge on any atom is 0.225 e. The van der Waals surface area contributed by atoms with Crippen molar-refractivity contribution in [1.29, 1.82) is 0 Å². The van der Waals surface area contributed by atoms with Crippen molar-refractivity contribution in [2.24, 2.45) is 10.8 Å². The number of carbonyl (C=O) groups is 1. The maximum absolute atomic E-state index is 11.7. The van der Waals surface area contributed by atoms with Crippen LogP contribution in [0, 0.1) is 10.8 Å². The van der Waals surface area contributed by atoms with Gasteiger partial charge in [-0.05, 0) is 19.9 Å². The normalized spacial score (nSPS) is 19.5. The van der Waals surface area contributed by atoms with Crippen LogP contribution in [0.1, 0.15) is 40.0 Å². The molecule has 0 aromatic heterocycles. The number of rotatable bonds is 4. The van der Waals surface area contributed by atoms with Gasteiger partial charge in [-0.15, -0.1) is 0 Å². The molecule has 0 bridgehead atoms. The third kappa shape index (κ3) is 3.20. The van der Waals surface area contributed by atoms with Crippen molar-refractivity contribution < 1.29 is 4.79 Å². The zero-order valence-corrected chi connectivity index (χ0v) is 10.4. The Morgan fingerprint density at radius 2 is 1.87 bits per heavy atom. The third-order valence-electron chi connectivity index (χ3n) is 3.27. The molecule has 3 nitrogen and oxygen atoms in total. The Bertz CT molecular complexity index is 226. The van der Waals surface area contributed by atoms with Crippen molar-refractivity contribution in [3.63, 3.8) is 0 Å². The van der Waals surface area contributed by atoms with E-state index in [0.717, 1.165) is 13.1 Å². The lowest BCUT2D eigenvalue weighted by Crippen LogP contribution is -2.49. The minimum atomic E-state index is -0.273. The molecule has 0 radical (unpaired) electrons. The summed E-state index contributed by atoms with van der Waals surface area (Å²) in [7, 11) is 1.98. The number of nitrogens with one attached hydrogen (secondary N) is 2. The SMILES string of the molecule is CNCC1(CNC(=O)C(C)(C)C)CCC1. The lowest BCUT2D eigenvalue weighted by Gasteiger charge is -2.42. The number of carbonyl (C=O) groups excluding carboxylic acids is 1. The van der Waals surface area contributed by atoms with Gasteiger partial charge in [-0.3, -0.25) is 4.79 Å². The molecule has 1 saturated carbocycles. The van der Waals surface area contributed by atoms with Crippen LogP contribution in [0.15, 0.2) is 0 Å². The highest BCUT2D eigenvalue weighted by atomic mass is 16.2. The summed E-state index contributed by atoms with van der Waals surface area (Å²) in [6.07, 6.45) is 3.77. The first kappa shape index (κ1) is 12.5. The highest BCUT2D eigenvalue weighted by molar-refractivity contribution is 5.81. The van der Waals surface area contributed by atoms with Gasteiger partial charge in [0.1, 0.15) is 0 Å². The number of amides is 1. The van der Waals surface area contributed by atoms with Crippen molar-refractivity contribution in [1.82, 2.24) is 10.6 Å². The molecule has 1 fully saturated rings. The van der Waals surface area contributed by atoms with Gasteiger partial charge in [-0.25, -0.2) is 0 Å². The van der Waals surface area contributed by atoms with Crippen molar-refractivity contribution in [2.45, 2.75) is 40.0 Å². The van der Waals surface area contributed by atoms with Crippen LogP contribution in [0.2, 0.25) is 0 Å². The monoisotopic (exact) mass is 212 g/mol. The van der Waals surface area contributed by atoms with E-state index in [0.29, 0.717) is 5.41 Å². The van der Waals surface area contributed by atoms with E-state index in [1.807, 2.05) is 27.8 Å². The predicted molar refractivity (Wildman–Crippen MR) is 62.7 cm³/mol. The van der Waals surface area contributed by atoms with E-state index in [-0.39, 0.29) is 11.3 Å². The van der Waals surface area contributed by atoms with Crippen LogP contribution in [0.3, 0.4) is 0 Å². The van der Waals surface area contributed by atoms with E-state index in [9.17, 15) is 4.79 Å². The molecule has 2 N–H and O–H groups in total. The molecule has 3 heteroatoms. The minimum absolute atomic E-state index is 0.157. The molecule has 0 atom stereocenters. The maximum atomic E-state index is 11.7. The fourth-order valence-corrected chi connectivity index (χ4v) is 2.00. The van der Waals surface area contributed by atoms with Crippen LogP contribution in [0.4, 0.5) is 0 Å². The Morgan fingerprint density at radius 1 is 1.27 bits per heavy atom. The second kappa shape index (κ2) is 4.52. The summed E-state index contributed by atoms with van der Waals surface area (Å²) >= 11 is 0. The Labute approximate surface area is 93.0 Å². The summed E-state index contributed by atoms with van der Waals surface area (Å²) in [5.41, 5.74) is 0.0558. The van der Waals surface area contributed by atoms with Gasteiger partial charge in [0.15, 0.2) is 0 Å². The smallest absolute Gasteiger partial charge is 0.225 e. The van der Waals surface area contributed by atoms with E-state index in [1.165, 1.54) is 19.3 Å². The number of hydrogen-bond acceptors (Lipinski definition) is 2. The van der Waals surface area contributed by atoms with Crippen molar-refractivity contribution in [2.75, 3.05) is 20.1 Å².